The lowest BCUT2D eigenvalue weighted by Crippen LogP contribution is -2.12. The zero-order valence-corrected chi connectivity index (χ0v) is 15.6. The lowest BCUT2D eigenvalue weighted by Gasteiger charge is -2.11. The molecule has 0 radical (unpaired) electrons. The number of esters is 1. The lowest BCUT2D eigenvalue weighted by molar-refractivity contribution is -0.385. The van der Waals surface area contributed by atoms with Crippen molar-refractivity contribution in [2.45, 2.75) is 40.5 Å². The molecule has 0 atom stereocenters. The molecule has 0 N–H and O–H groups in total. The van der Waals surface area contributed by atoms with Crippen molar-refractivity contribution < 1.29 is 14.5 Å². The van der Waals surface area contributed by atoms with Gasteiger partial charge in [0.2, 0.25) is 0 Å². The van der Waals surface area contributed by atoms with Gasteiger partial charge in [0, 0.05) is 29.1 Å². The van der Waals surface area contributed by atoms with Crippen molar-refractivity contribution in [2.75, 3.05) is 0 Å². The van der Waals surface area contributed by atoms with E-state index in [0.717, 1.165) is 28.3 Å². The molecule has 8 heteroatoms. The highest BCUT2D eigenvalue weighted by Crippen LogP contribution is 2.24. The Morgan fingerprint density at radius 1 is 1.22 bits per heavy atom. The third kappa shape index (κ3) is 3.79. The summed E-state index contributed by atoms with van der Waals surface area (Å²) in [5.74, 6) is -0.105. The largest absolute Gasteiger partial charge is 0.427 e. The van der Waals surface area contributed by atoms with Gasteiger partial charge in [-0.15, -0.1) is 0 Å². The van der Waals surface area contributed by atoms with E-state index in [-0.39, 0.29) is 12.1 Å². The molecule has 0 aliphatic carbocycles. The van der Waals surface area contributed by atoms with Crippen molar-refractivity contribution in [3.63, 3.8) is 0 Å². The Bertz CT molecular complexity index is 1060. The Balaban J connectivity index is 1.72. The van der Waals surface area contributed by atoms with Crippen LogP contribution in [0, 0.1) is 37.8 Å². The number of aryl methyl sites for hydroxylation is 4. The monoisotopic (exact) mass is 368 g/mol. The maximum atomic E-state index is 12.2. The Kier molecular flexibility index (Phi) is 4.89. The molecule has 0 spiro atoms. The molecule has 27 heavy (non-hydrogen) atoms. The van der Waals surface area contributed by atoms with Gasteiger partial charge in [-0.05, 0) is 51.8 Å². The van der Waals surface area contributed by atoms with Crippen molar-refractivity contribution in [2.24, 2.45) is 0 Å². The van der Waals surface area contributed by atoms with Crippen molar-refractivity contribution in [1.82, 2.24) is 14.6 Å². The van der Waals surface area contributed by atoms with Crippen LogP contribution >= 0.6 is 0 Å². The van der Waals surface area contributed by atoms with Crippen LogP contribution in [-0.4, -0.2) is 25.5 Å². The van der Waals surface area contributed by atoms with Crippen molar-refractivity contribution in [3.8, 4) is 5.75 Å². The van der Waals surface area contributed by atoms with Gasteiger partial charge in [0.1, 0.15) is 5.75 Å². The first kappa shape index (κ1) is 18.5. The number of benzene rings is 1. The van der Waals surface area contributed by atoms with Gasteiger partial charge >= 0.3 is 5.97 Å². The number of nitro groups is 1. The van der Waals surface area contributed by atoms with Gasteiger partial charge in [-0.25, -0.2) is 9.50 Å². The second-order valence-electron chi connectivity index (χ2n) is 6.50. The van der Waals surface area contributed by atoms with Crippen LogP contribution < -0.4 is 4.74 Å². The number of nitrogens with zero attached hydrogens (tertiary/aromatic N) is 4. The van der Waals surface area contributed by atoms with E-state index in [0.29, 0.717) is 17.7 Å². The molecule has 0 aliphatic heterocycles. The van der Waals surface area contributed by atoms with E-state index in [1.165, 1.54) is 18.2 Å². The molecule has 3 rings (SSSR count). The molecule has 0 aliphatic rings. The zero-order chi connectivity index (χ0) is 19.7. The molecular formula is C19H20N4O4. The molecule has 0 fully saturated rings. The topological polar surface area (TPSA) is 99.6 Å². The minimum absolute atomic E-state index is 0.00468. The molecular weight excluding hydrogens is 348 g/mol. The number of carbonyl (C=O) groups is 1. The van der Waals surface area contributed by atoms with Crippen LogP contribution in [0.2, 0.25) is 0 Å². The van der Waals surface area contributed by atoms with Crippen LogP contribution in [0.25, 0.3) is 5.65 Å². The molecule has 140 valence electrons. The van der Waals surface area contributed by atoms with E-state index in [1.807, 2.05) is 26.8 Å². The summed E-state index contributed by atoms with van der Waals surface area (Å²) in [6.45, 7) is 7.38. The van der Waals surface area contributed by atoms with Gasteiger partial charge in [-0.3, -0.25) is 14.9 Å². The summed E-state index contributed by atoms with van der Waals surface area (Å²) in [5.41, 5.74) is 4.88. The second-order valence-corrected chi connectivity index (χ2v) is 6.50. The summed E-state index contributed by atoms with van der Waals surface area (Å²) in [4.78, 5) is 27.1. The molecule has 2 aromatic heterocycles. The first-order valence-corrected chi connectivity index (χ1v) is 8.54. The predicted octanol–water partition coefficient (Wildman–Crippen LogP) is 3.41. The Hall–Kier alpha value is -3.29. The van der Waals surface area contributed by atoms with Crippen LogP contribution in [-0.2, 0) is 11.2 Å². The van der Waals surface area contributed by atoms with Crippen LogP contribution in [0.5, 0.6) is 5.75 Å². The van der Waals surface area contributed by atoms with Gasteiger partial charge in [-0.1, -0.05) is 0 Å². The van der Waals surface area contributed by atoms with Crippen LogP contribution in [0.1, 0.15) is 34.6 Å². The van der Waals surface area contributed by atoms with E-state index < -0.39 is 10.9 Å². The minimum Gasteiger partial charge on any atom is -0.427 e. The van der Waals surface area contributed by atoms with Crippen LogP contribution in [0.3, 0.4) is 0 Å². The maximum absolute atomic E-state index is 12.2. The smallest absolute Gasteiger partial charge is 0.311 e. The third-order valence-electron chi connectivity index (χ3n) is 4.46. The second kappa shape index (κ2) is 7.14. The highest BCUT2D eigenvalue weighted by Gasteiger charge is 2.15. The summed E-state index contributed by atoms with van der Waals surface area (Å²) >= 11 is 0. The quantitative estimate of drug-likeness (QED) is 0.296. The normalized spacial score (nSPS) is 11.0. The van der Waals surface area contributed by atoms with Gasteiger partial charge in [0.15, 0.2) is 5.65 Å². The molecule has 0 unspecified atom stereocenters. The Morgan fingerprint density at radius 2 is 1.96 bits per heavy atom. The summed E-state index contributed by atoms with van der Waals surface area (Å²) in [7, 11) is 0. The molecule has 0 amide bonds. The SMILES string of the molecule is Cc1cc2nc(C)c(CCC(=O)Oc3ccc([N+](=O)[O-])c(C)c3)c(C)n2n1. The summed E-state index contributed by atoms with van der Waals surface area (Å²) < 4.78 is 7.10. The molecule has 8 nitrogen and oxygen atoms in total. The zero-order valence-electron chi connectivity index (χ0n) is 15.6. The number of hydrogen-bond donors (Lipinski definition) is 0. The highest BCUT2D eigenvalue weighted by molar-refractivity contribution is 5.73. The molecule has 0 bridgehead atoms. The predicted molar refractivity (Wildman–Crippen MR) is 99.0 cm³/mol. The minimum atomic E-state index is -0.466. The number of nitro benzene ring substituents is 1. The van der Waals surface area contributed by atoms with Crippen LogP contribution in [0.15, 0.2) is 24.3 Å². The summed E-state index contributed by atoms with van der Waals surface area (Å²) in [6, 6.07) is 6.17. The van der Waals surface area contributed by atoms with E-state index in [4.69, 9.17) is 4.74 Å². The van der Waals surface area contributed by atoms with Crippen molar-refractivity contribution >= 4 is 17.3 Å². The standard InChI is InChI=1S/C19H20N4O4/c1-11-9-15(5-7-17(11)23(25)26)27-19(24)8-6-16-13(3)20-18-10-12(2)21-22(18)14(16)4/h5,7,9-10H,6,8H2,1-4H3. The number of fused-ring (bicyclic) bond motifs is 1. The van der Waals surface area contributed by atoms with Crippen LogP contribution in [0.4, 0.5) is 5.69 Å². The molecule has 3 aromatic rings. The van der Waals surface area contributed by atoms with Crippen molar-refractivity contribution in [1.29, 1.82) is 0 Å². The fourth-order valence-electron chi connectivity index (χ4n) is 3.11. The van der Waals surface area contributed by atoms with Crippen molar-refractivity contribution in [3.05, 3.63) is 62.6 Å². The first-order valence-electron chi connectivity index (χ1n) is 8.54. The highest BCUT2D eigenvalue weighted by atomic mass is 16.6. The number of aromatic nitrogens is 3. The first-order chi connectivity index (χ1) is 12.8. The molecule has 1 aromatic carbocycles. The average molecular weight is 368 g/mol. The van der Waals surface area contributed by atoms with E-state index in [2.05, 4.69) is 10.1 Å². The fraction of sp³-hybridized carbons (Fsp3) is 0.316. The van der Waals surface area contributed by atoms with Gasteiger partial charge in [-0.2, -0.15) is 5.10 Å². The average Bonchev–Trinajstić information content (AvgIpc) is 2.94. The number of ether oxygens (including phenoxy) is 1. The van der Waals surface area contributed by atoms with Gasteiger partial charge in [0.25, 0.3) is 5.69 Å². The molecule has 0 saturated heterocycles. The van der Waals surface area contributed by atoms with E-state index in [1.54, 1.807) is 11.4 Å². The number of carbonyl (C=O) groups excluding carboxylic acids is 1. The number of rotatable bonds is 5. The van der Waals surface area contributed by atoms with Gasteiger partial charge < -0.3 is 4.74 Å². The summed E-state index contributed by atoms with van der Waals surface area (Å²) in [6.07, 6.45) is 0.648. The van der Waals surface area contributed by atoms with E-state index >= 15 is 0 Å². The lowest BCUT2D eigenvalue weighted by atomic mass is 10.1. The summed E-state index contributed by atoms with van der Waals surface area (Å²) in [5, 5.41) is 15.3. The Morgan fingerprint density at radius 3 is 2.63 bits per heavy atom. The third-order valence-corrected chi connectivity index (χ3v) is 4.46. The van der Waals surface area contributed by atoms with Gasteiger partial charge in [0.05, 0.1) is 17.0 Å². The van der Waals surface area contributed by atoms with E-state index in [9.17, 15) is 14.9 Å². The number of hydrogen-bond acceptors (Lipinski definition) is 6. The Labute approximate surface area is 155 Å². The fourth-order valence-corrected chi connectivity index (χ4v) is 3.11. The molecule has 0 saturated carbocycles. The maximum Gasteiger partial charge on any atom is 0.311 e. The molecule has 2 heterocycles.